The number of carboxylic acid groups (broad SMARTS) is 1. The van der Waals surface area contributed by atoms with Gasteiger partial charge in [-0.3, -0.25) is 0 Å². The number of hydrogen-bond donors (Lipinski definition) is 2. The van der Waals surface area contributed by atoms with Crippen LogP contribution in [0.5, 0.6) is 0 Å². The van der Waals surface area contributed by atoms with Gasteiger partial charge in [0.05, 0.1) is 11.3 Å². The Bertz CT molecular complexity index is 434. The Hall–Kier alpha value is -1.16. The average molecular weight is 281 g/mol. The van der Waals surface area contributed by atoms with E-state index >= 15 is 0 Å². The van der Waals surface area contributed by atoms with Gasteiger partial charge in [-0.1, -0.05) is 26.0 Å². The second kappa shape index (κ2) is 6.85. The number of anilines is 1. The van der Waals surface area contributed by atoms with E-state index in [1.165, 1.54) is 0 Å². The third-order valence-electron chi connectivity index (χ3n) is 3.81. The maximum absolute atomic E-state index is 11.3. The zero-order valence-corrected chi connectivity index (χ0v) is 12.9. The van der Waals surface area contributed by atoms with Crippen molar-refractivity contribution in [1.82, 2.24) is 0 Å². The number of thioether (sulfide) groups is 1. The second-order valence-electron chi connectivity index (χ2n) is 4.75. The molecule has 0 unspecified atom stereocenters. The zero-order chi connectivity index (χ0) is 14.5. The van der Waals surface area contributed by atoms with Gasteiger partial charge >= 0.3 is 5.97 Å². The second-order valence-corrected chi connectivity index (χ2v) is 6.02. The molecule has 0 fully saturated rings. The van der Waals surface area contributed by atoms with Crippen molar-refractivity contribution < 1.29 is 9.90 Å². The molecule has 19 heavy (non-hydrogen) atoms. The first kappa shape index (κ1) is 15.9. The van der Waals surface area contributed by atoms with Crippen LogP contribution in [0.3, 0.4) is 0 Å². The van der Waals surface area contributed by atoms with E-state index in [2.05, 4.69) is 25.4 Å². The van der Waals surface area contributed by atoms with Crippen LogP contribution in [0.1, 0.15) is 42.6 Å². The monoisotopic (exact) mass is 281 g/mol. The van der Waals surface area contributed by atoms with E-state index in [4.69, 9.17) is 0 Å². The van der Waals surface area contributed by atoms with Gasteiger partial charge in [0.2, 0.25) is 0 Å². The molecular weight excluding hydrogens is 258 g/mol. The fourth-order valence-corrected chi connectivity index (χ4v) is 2.98. The Morgan fingerprint density at radius 1 is 1.37 bits per heavy atom. The number of hydrogen-bond acceptors (Lipinski definition) is 3. The first-order valence-electron chi connectivity index (χ1n) is 6.61. The Balaban J connectivity index is 2.97. The molecule has 0 aliphatic heterocycles. The van der Waals surface area contributed by atoms with E-state index < -0.39 is 5.97 Å². The van der Waals surface area contributed by atoms with Crippen molar-refractivity contribution in [3.63, 3.8) is 0 Å². The molecule has 2 N–H and O–H groups in total. The van der Waals surface area contributed by atoms with Crippen LogP contribution in [0, 0.1) is 6.92 Å². The van der Waals surface area contributed by atoms with Gasteiger partial charge in [0.25, 0.3) is 0 Å². The average Bonchev–Trinajstić information content (AvgIpc) is 2.42. The normalized spacial score (nSPS) is 11.4. The van der Waals surface area contributed by atoms with Crippen molar-refractivity contribution >= 4 is 23.4 Å². The summed E-state index contributed by atoms with van der Waals surface area (Å²) in [4.78, 5) is 11.3. The quantitative estimate of drug-likeness (QED) is 0.792. The van der Waals surface area contributed by atoms with Crippen molar-refractivity contribution in [3.05, 3.63) is 29.3 Å². The molecule has 0 spiro atoms. The van der Waals surface area contributed by atoms with Crippen molar-refractivity contribution in [2.75, 3.05) is 18.1 Å². The molecule has 106 valence electrons. The Morgan fingerprint density at radius 3 is 2.47 bits per heavy atom. The van der Waals surface area contributed by atoms with Crippen LogP contribution in [0.2, 0.25) is 0 Å². The minimum absolute atomic E-state index is 0.165. The SMILES string of the molecule is CCC(CC)(CNc1c(C)cccc1C(=O)O)SC. The molecule has 0 bridgehead atoms. The van der Waals surface area contributed by atoms with Crippen molar-refractivity contribution in [3.8, 4) is 0 Å². The maximum atomic E-state index is 11.3. The standard InChI is InChI=1S/C15H23NO2S/c1-5-15(6-2,19-4)10-16-13-11(3)8-7-9-12(13)14(17)18/h7-9,16H,5-6,10H2,1-4H3,(H,17,18). The predicted octanol–water partition coefficient (Wildman–Crippen LogP) is 4.03. The van der Waals surface area contributed by atoms with Gasteiger partial charge in [-0.05, 0) is 37.7 Å². The van der Waals surface area contributed by atoms with Crippen LogP contribution in [-0.2, 0) is 0 Å². The van der Waals surface area contributed by atoms with Gasteiger partial charge in [0, 0.05) is 11.3 Å². The fraction of sp³-hybridized carbons (Fsp3) is 0.533. The summed E-state index contributed by atoms with van der Waals surface area (Å²) in [6.07, 6.45) is 4.24. The molecule has 0 radical (unpaired) electrons. The molecule has 3 nitrogen and oxygen atoms in total. The largest absolute Gasteiger partial charge is 0.478 e. The van der Waals surface area contributed by atoms with Crippen LogP contribution < -0.4 is 5.32 Å². The first-order valence-corrected chi connectivity index (χ1v) is 7.84. The topological polar surface area (TPSA) is 49.3 Å². The number of benzene rings is 1. The lowest BCUT2D eigenvalue weighted by Crippen LogP contribution is -2.32. The summed E-state index contributed by atoms with van der Waals surface area (Å²) in [5.74, 6) is -0.881. The summed E-state index contributed by atoms with van der Waals surface area (Å²) >= 11 is 1.85. The lowest BCUT2D eigenvalue weighted by molar-refractivity contribution is 0.0698. The number of aryl methyl sites for hydroxylation is 1. The third kappa shape index (κ3) is 3.66. The number of para-hydroxylation sites is 1. The minimum Gasteiger partial charge on any atom is -0.478 e. The molecule has 0 amide bonds. The molecule has 0 saturated carbocycles. The van der Waals surface area contributed by atoms with Gasteiger partial charge in [-0.2, -0.15) is 11.8 Å². The zero-order valence-electron chi connectivity index (χ0n) is 12.1. The van der Waals surface area contributed by atoms with Crippen molar-refractivity contribution in [2.24, 2.45) is 0 Å². The fourth-order valence-electron chi connectivity index (χ4n) is 2.19. The van der Waals surface area contributed by atoms with E-state index in [1.807, 2.05) is 24.8 Å². The molecule has 1 aromatic rings. The van der Waals surface area contributed by atoms with E-state index in [9.17, 15) is 9.90 Å². The molecule has 0 saturated heterocycles. The van der Waals surface area contributed by atoms with Gasteiger partial charge in [-0.15, -0.1) is 0 Å². The van der Waals surface area contributed by atoms with Crippen molar-refractivity contribution in [1.29, 1.82) is 0 Å². The molecule has 0 aromatic heterocycles. The van der Waals surface area contributed by atoms with Gasteiger partial charge < -0.3 is 10.4 Å². The maximum Gasteiger partial charge on any atom is 0.337 e. The summed E-state index contributed by atoms with van der Waals surface area (Å²) < 4.78 is 0.165. The molecule has 0 heterocycles. The Kier molecular flexibility index (Phi) is 5.73. The number of rotatable bonds is 7. The summed E-state index contributed by atoms with van der Waals surface area (Å²) in [6.45, 7) is 7.08. The molecule has 0 aliphatic rings. The van der Waals surface area contributed by atoms with Gasteiger partial charge in [-0.25, -0.2) is 4.79 Å². The van der Waals surface area contributed by atoms with E-state index in [-0.39, 0.29) is 4.75 Å². The van der Waals surface area contributed by atoms with Crippen LogP contribution in [0.25, 0.3) is 0 Å². The van der Waals surface area contributed by atoms with Crippen LogP contribution in [-0.4, -0.2) is 28.6 Å². The van der Waals surface area contributed by atoms with Crippen LogP contribution in [0.15, 0.2) is 18.2 Å². The highest BCUT2D eigenvalue weighted by Gasteiger charge is 2.25. The summed E-state index contributed by atoms with van der Waals surface area (Å²) in [6, 6.07) is 5.37. The molecule has 0 atom stereocenters. The van der Waals surface area contributed by atoms with E-state index in [0.717, 1.165) is 30.6 Å². The number of nitrogens with one attached hydrogen (secondary N) is 1. The third-order valence-corrected chi connectivity index (χ3v) is 5.40. The Labute approximate surface area is 119 Å². The lowest BCUT2D eigenvalue weighted by atomic mass is 10.0. The first-order chi connectivity index (χ1) is 8.99. The van der Waals surface area contributed by atoms with Crippen molar-refractivity contribution in [2.45, 2.75) is 38.4 Å². The van der Waals surface area contributed by atoms with Crippen LogP contribution >= 0.6 is 11.8 Å². The number of carboxylic acids is 1. The summed E-state index contributed by atoms with van der Waals surface area (Å²) in [5, 5.41) is 12.6. The number of aromatic carboxylic acids is 1. The highest BCUT2D eigenvalue weighted by molar-refractivity contribution is 8.00. The lowest BCUT2D eigenvalue weighted by Gasteiger charge is -2.31. The van der Waals surface area contributed by atoms with E-state index in [1.54, 1.807) is 12.1 Å². The van der Waals surface area contributed by atoms with E-state index in [0.29, 0.717) is 5.56 Å². The predicted molar refractivity (Wildman–Crippen MR) is 83.5 cm³/mol. The molecule has 4 heteroatoms. The molecule has 1 rings (SSSR count). The van der Waals surface area contributed by atoms with Gasteiger partial charge in [0.1, 0.15) is 0 Å². The highest BCUT2D eigenvalue weighted by Crippen LogP contribution is 2.31. The highest BCUT2D eigenvalue weighted by atomic mass is 32.2. The number of carbonyl (C=O) groups is 1. The summed E-state index contributed by atoms with van der Waals surface area (Å²) in [5.41, 5.74) is 2.07. The minimum atomic E-state index is -0.881. The Morgan fingerprint density at radius 2 is 2.00 bits per heavy atom. The molecule has 0 aliphatic carbocycles. The van der Waals surface area contributed by atoms with Crippen LogP contribution in [0.4, 0.5) is 5.69 Å². The van der Waals surface area contributed by atoms with Gasteiger partial charge in [0.15, 0.2) is 0 Å². The smallest absolute Gasteiger partial charge is 0.337 e. The molecular formula is C15H23NO2S. The molecule has 1 aromatic carbocycles. The summed E-state index contributed by atoms with van der Waals surface area (Å²) in [7, 11) is 0.